The number of nitriles is 1. The fourth-order valence-corrected chi connectivity index (χ4v) is 2.04. The Hall–Kier alpha value is -2.94. The maximum absolute atomic E-state index is 11.7. The van der Waals surface area contributed by atoms with Crippen molar-refractivity contribution in [2.75, 3.05) is 0 Å². The Morgan fingerprint density at radius 1 is 1.35 bits per heavy atom. The molecule has 0 amide bonds. The molecule has 2 aromatic heterocycles. The summed E-state index contributed by atoms with van der Waals surface area (Å²) < 4.78 is 6.67. The highest BCUT2D eigenvalue weighted by atomic mass is 16.3. The number of benzene rings is 1. The number of hydrogen-bond acceptors (Lipinski definition) is 5. The molecule has 0 saturated heterocycles. The summed E-state index contributed by atoms with van der Waals surface area (Å²) in [5, 5.41) is 9.17. The maximum atomic E-state index is 11.7. The van der Waals surface area contributed by atoms with Gasteiger partial charge < -0.3 is 8.98 Å². The molecule has 3 rings (SSSR count). The van der Waals surface area contributed by atoms with Crippen molar-refractivity contribution < 1.29 is 4.42 Å². The summed E-state index contributed by atoms with van der Waals surface area (Å²) in [5.74, 6) is 0.564. The standard InChI is InChI=1S/C14H10N4O2/c1-8-16-11-5-9(3-4-12(11)20-8)13-10(6-15)7-18(2)14(19)17-13/h3-5,7H,1-2H3. The van der Waals surface area contributed by atoms with Crippen molar-refractivity contribution in [1.29, 1.82) is 5.26 Å². The number of rotatable bonds is 1. The van der Waals surface area contributed by atoms with Crippen LogP contribution in [-0.4, -0.2) is 14.5 Å². The van der Waals surface area contributed by atoms with Gasteiger partial charge in [-0.05, 0) is 18.2 Å². The Kier molecular flexibility index (Phi) is 2.61. The van der Waals surface area contributed by atoms with Gasteiger partial charge in [-0.25, -0.2) is 9.78 Å². The van der Waals surface area contributed by atoms with E-state index in [1.54, 1.807) is 32.2 Å². The van der Waals surface area contributed by atoms with E-state index in [0.717, 1.165) is 0 Å². The van der Waals surface area contributed by atoms with Crippen LogP contribution >= 0.6 is 0 Å². The van der Waals surface area contributed by atoms with E-state index in [4.69, 9.17) is 4.42 Å². The van der Waals surface area contributed by atoms with E-state index < -0.39 is 5.69 Å². The molecule has 0 spiro atoms. The van der Waals surface area contributed by atoms with Gasteiger partial charge in [-0.15, -0.1) is 0 Å². The van der Waals surface area contributed by atoms with Crippen LogP contribution in [0.5, 0.6) is 0 Å². The van der Waals surface area contributed by atoms with Crippen molar-refractivity contribution >= 4 is 11.1 Å². The molecule has 0 radical (unpaired) electrons. The normalized spacial score (nSPS) is 10.7. The van der Waals surface area contributed by atoms with E-state index in [1.807, 2.05) is 6.07 Å². The molecule has 0 unspecified atom stereocenters. The summed E-state index contributed by atoms with van der Waals surface area (Å²) in [4.78, 5) is 19.8. The quantitative estimate of drug-likeness (QED) is 0.670. The summed E-state index contributed by atoms with van der Waals surface area (Å²) in [6, 6.07) is 7.32. The maximum Gasteiger partial charge on any atom is 0.347 e. The second-order valence-corrected chi connectivity index (χ2v) is 4.42. The number of aromatic nitrogens is 3. The molecular formula is C14H10N4O2. The van der Waals surface area contributed by atoms with Crippen LogP contribution in [-0.2, 0) is 7.05 Å². The predicted molar refractivity (Wildman–Crippen MR) is 71.9 cm³/mol. The van der Waals surface area contributed by atoms with E-state index >= 15 is 0 Å². The molecule has 0 atom stereocenters. The van der Waals surface area contributed by atoms with Crippen LogP contribution in [0.2, 0.25) is 0 Å². The molecule has 3 aromatic rings. The third-order valence-electron chi connectivity index (χ3n) is 2.98. The van der Waals surface area contributed by atoms with Gasteiger partial charge in [0.1, 0.15) is 11.6 Å². The van der Waals surface area contributed by atoms with Crippen LogP contribution in [0.15, 0.2) is 33.6 Å². The Labute approximate surface area is 113 Å². The smallest absolute Gasteiger partial charge is 0.347 e. The van der Waals surface area contributed by atoms with Crippen molar-refractivity contribution in [3.63, 3.8) is 0 Å². The largest absolute Gasteiger partial charge is 0.441 e. The minimum Gasteiger partial charge on any atom is -0.441 e. The van der Waals surface area contributed by atoms with E-state index in [9.17, 15) is 10.1 Å². The van der Waals surface area contributed by atoms with Gasteiger partial charge in [0.05, 0.1) is 11.3 Å². The van der Waals surface area contributed by atoms with E-state index in [-0.39, 0.29) is 0 Å². The molecule has 1 aromatic carbocycles. The van der Waals surface area contributed by atoms with Crippen LogP contribution in [0.3, 0.4) is 0 Å². The van der Waals surface area contributed by atoms with Gasteiger partial charge in [0.25, 0.3) is 0 Å². The number of fused-ring (bicyclic) bond motifs is 1. The molecule has 0 saturated carbocycles. The molecule has 0 bridgehead atoms. The summed E-state index contributed by atoms with van der Waals surface area (Å²) in [6.45, 7) is 1.76. The van der Waals surface area contributed by atoms with E-state index in [2.05, 4.69) is 9.97 Å². The van der Waals surface area contributed by atoms with Crippen LogP contribution in [0.25, 0.3) is 22.4 Å². The second-order valence-electron chi connectivity index (χ2n) is 4.42. The third-order valence-corrected chi connectivity index (χ3v) is 2.98. The number of hydrogen-bond donors (Lipinski definition) is 0. The Morgan fingerprint density at radius 2 is 2.15 bits per heavy atom. The number of nitrogens with zero attached hydrogens (tertiary/aromatic N) is 4. The number of oxazole rings is 1. The molecule has 20 heavy (non-hydrogen) atoms. The van der Waals surface area contributed by atoms with Gasteiger partial charge in [-0.2, -0.15) is 10.2 Å². The fraction of sp³-hybridized carbons (Fsp3) is 0.143. The van der Waals surface area contributed by atoms with Crippen LogP contribution in [0.1, 0.15) is 11.5 Å². The van der Waals surface area contributed by atoms with Crippen molar-refractivity contribution in [1.82, 2.24) is 14.5 Å². The molecule has 0 fully saturated rings. The molecule has 0 aliphatic carbocycles. The first-order chi connectivity index (χ1) is 9.58. The summed E-state index contributed by atoms with van der Waals surface area (Å²) >= 11 is 0. The molecule has 2 heterocycles. The first-order valence-electron chi connectivity index (χ1n) is 5.94. The van der Waals surface area contributed by atoms with Crippen LogP contribution < -0.4 is 5.69 Å². The summed E-state index contributed by atoms with van der Waals surface area (Å²) in [7, 11) is 1.56. The Morgan fingerprint density at radius 3 is 2.90 bits per heavy atom. The monoisotopic (exact) mass is 266 g/mol. The van der Waals surface area contributed by atoms with Gasteiger partial charge in [0.2, 0.25) is 0 Å². The minimum atomic E-state index is -0.407. The summed E-state index contributed by atoms with van der Waals surface area (Å²) in [5.41, 5.74) is 2.29. The molecule has 0 N–H and O–H groups in total. The summed E-state index contributed by atoms with van der Waals surface area (Å²) in [6.07, 6.45) is 1.48. The average Bonchev–Trinajstić information content (AvgIpc) is 2.80. The van der Waals surface area contributed by atoms with Crippen molar-refractivity contribution in [2.24, 2.45) is 7.05 Å². The first-order valence-corrected chi connectivity index (χ1v) is 5.94. The lowest BCUT2D eigenvalue weighted by Crippen LogP contribution is -2.20. The molecule has 0 aliphatic rings. The lowest BCUT2D eigenvalue weighted by Gasteiger charge is -2.04. The Balaban J connectivity index is 2.27. The second kappa shape index (κ2) is 4.31. The van der Waals surface area contributed by atoms with E-state index in [0.29, 0.717) is 33.8 Å². The van der Waals surface area contributed by atoms with Gasteiger partial charge in [-0.3, -0.25) is 0 Å². The lowest BCUT2D eigenvalue weighted by atomic mass is 10.1. The zero-order valence-electron chi connectivity index (χ0n) is 10.9. The molecular weight excluding hydrogens is 256 g/mol. The third kappa shape index (κ3) is 1.86. The predicted octanol–water partition coefficient (Wildman–Crippen LogP) is 1.77. The van der Waals surface area contributed by atoms with E-state index in [1.165, 1.54) is 10.8 Å². The molecule has 0 aliphatic heterocycles. The molecule has 98 valence electrons. The first kappa shape index (κ1) is 12.1. The van der Waals surface area contributed by atoms with Crippen molar-refractivity contribution in [2.45, 2.75) is 6.92 Å². The zero-order valence-corrected chi connectivity index (χ0v) is 10.9. The highest BCUT2D eigenvalue weighted by Crippen LogP contribution is 2.24. The van der Waals surface area contributed by atoms with Crippen molar-refractivity contribution in [3.05, 3.63) is 46.3 Å². The SMILES string of the molecule is Cc1nc2cc(-c3nc(=O)n(C)cc3C#N)ccc2o1. The van der Waals surface area contributed by atoms with Crippen molar-refractivity contribution in [3.8, 4) is 17.3 Å². The van der Waals surface area contributed by atoms with Crippen LogP contribution in [0.4, 0.5) is 0 Å². The highest BCUT2D eigenvalue weighted by molar-refractivity contribution is 5.80. The fourth-order valence-electron chi connectivity index (χ4n) is 2.04. The molecule has 6 heteroatoms. The molecule has 6 nitrogen and oxygen atoms in total. The average molecular weight is 266 g/mol. The topological polar surface area (TPSA) is 84.7 Å². The highest BCUT2D eigenvalue weighted by Gasteiger charge is 2.11. The number of aryl methyl sites for hydroxylation is 2. The zero-order chi connectivity index (χ0) is 14.3. The van der Waals surface area contributed by atoms with Gasteiger partial charge in [0.15, 0.2) is 11.5 Å². The lowest BCUT2D eigenvalue weighted by molar-refractivity contribution is 0.561. The van der Waals surface area contributed by atoms with Gasteiger partial charge in [0, 0.05) is 25.7 Å². The van der Waals surface area contributed by atoms with Gasteiger partial charge in [-0.1, -0.05) is 0 Å². The van der Waals surface area contributed by atoms with Crippen LogP contribution in [0, 0.1) is 18.3 Å². The Bertz CT molecular complexity index is 915. The minimum absolute atomic E-state index is 0.340. The van der Waals surface area contributed by atoms with Gasteiger partial charge >= 0.3 is 5.69 Å².